The Labute approximate surface area is 129 Å². The van der Waals surface area contributed by atoms with E-state index in [1.54, 1.807) is 0 Å². The maximum Gasteiger partial charge on any atom is 0.109 e. The zero-order valence-electron chi connectivity index (χ0n) is 12.8. The van der Waals surface area contributed by atoms with Crippen LogP contribution in [0.1, 0.15) is 19.8 Å². The Balaban J connectivity index is 4.02. The highest BCUT2D eigenvalue weighted by atomic mass is 16.5. The summed E-state index contributed by atoms with van der Waals surface area (Å²) in [5, 5.41) is 0. The summed E-state index contributed by atoms with van der Waals surface area (Å²) in [6, 6.07) is 0. The van der Waals surface area contributed by atoms with Crippen LogP contribution >= 0.6 is 0 Å². The molecule has 0 aromatic rings. The number of ether oxygens (including phenoxy) is 2. The van der Waals surface area contributed by atoms with Crippen molar-refractivity contribution in [1.29, 1.82) is 0 Å². The van der Waals surface area contributed by atoms with E-state index < -0.39 is 0 Å². The fourth-order valence-corrected chi connectivity index (χ4v) is 1.36. The summed E-state index contributed by atoms with van der Waals surface area (Å²) in [5.74, 6) is 16.8. The van der Waals surface area contributed by atoms with Gasteiger partial charge in [0.25, 0.3) is 0 Å². The van der Waals surface area contributed by atoms with Gasteiger partial charge in [-0.1, -0.05) is 48.9 Å². The van der Waals surface area contributed by atoms with Crippen LogP contribution in [-0.4, -0.2) is 51.0 Å². The van der Waals surface area contributed by atoms with Gasteiger partial charge >= 0.3 is 0 Å². The Hall–Kier alpha value is -1.88. The van der Waals surface area contributed by atoms with Gasteiger partial charge < -0.3 is 9.47 Å². The molecule has 0 N–H and O–H groups in total. The first kappa shape index (κ1) is 19.1. The van der Waals surface area contributed by atoms with Gasteiger partial charge in [0.05, 0.1) is 13.1 Å². The van der Waals surface area contributed by atoms with E-state index in [0.717, 1.165) is 19.4 Å². The molecule has 0 amide bonds. The molecule has 21 heavy (non-hydrogen) atoms. The summed E-state index contributed by atoms with van der Waals surface area (Å²) in [4.78, 5) is 2.20. The summed E-state index contributed by atoms with van der Waals surface area (Å²) in [6.45, 7) is 5.86. The van der Waals surface area contributed by atoms with Crippen molar-refractivity contribution < 1.29 is 9.47 Å². The molecule has 0 saturated heterocycles. The normalized spacial score (nSPS) is 8.95. The number of nitrogens with zero attached hydrogens (tertiary/aromatic N) is 1. The molecule has 0 aliphatic heterocycles. The Morgan fingerprint density at radius 2 is 1.33 bits per heavy atom. The minimum Gasteiger partial charge on any atom is -0.356 e. The maximum atomic E-state index is 5.09. The lowest BCUT2D eigenvalue weighted by Gasteiger charge is -2.15. The van der Waals surface area contributed by atoms with Crippen molar-refractivity contribution in [2.75, 3.05) is 46.1 Å². The van der Waals surface area contributed by atoms with Gasteiger partial charge in [-0.25, -0.2) is 0 Å². The van der Waals surface area contributed by atoms with Crippen LogP contribution in [0, 0.1) is 48.4 Å². The molecule has 0 saturated carbocycles. The van der Waals surface area contributed by atoms with Gasteiger partial charge in [-0.2, -0.15) is 0 Å². The van der Waals surface area contributed by atoms with Gasteiger partial charge in [-0.05, 0) is 6.42 Å². The molecular weight excluding hydrogens is 262 g/mol. The van der Waals surface area contributed by atoms with Gasteiger partial charge in [0.1, 0.15) is 26.4 Å². The number of terminal acetylenes is 2. The standard InChI is InChI=1S/C18H23NO2/c1-4-7-12-19(13-8-10-17-20-15-5-2)14-9-11-18-21-16-6-3/h2-3H,4,7,12-18H2,1H3. The Kier molecular flexibility index (Phi) is 14.7. The number of rotatable bonds is 9. The Bertz CT molecular complexity index is 408. The van der Waals surface area contributed by atoms with E-state index in [1.807, 2.05) is 0 Å². The molecular formula is C18H23NO2. The summed E-state index contributed by atoms with van der Waals surface area (Å²) < 4.78 is 10.2. The molecule has 0 bridgehead atoms. The fourth-order valence-electron chi connectivity index (χ4n) is 1.36. The summed E-state index contributed by atoms with van der Waals surface area (Å²) in [5.41, 5.74) is 0. The van der Waals surface area contributed by atoms with Gasteiger partial charge in [-0.3, -0.25) is 4.90 Å². The number of unbranched alkanes of at least 4 members (excludes halogenated alkanes) is 1. The van der Waals surface area contributed by atoms with Crippen LogP contribution in [0.5, 0.6) is 0 Å². The van der Waals surface area contributed by atoms with Crippen molar-refractivity contribution in [2.45, 2.75) is 19.8 Å². The van der Waals surface area contributed by atoms with Crippen molar-refractivity contribution in [3.8, 4) is 48.4 Å². The van der Waals surface area contributed by atoms with Gasteiger partial charge in [0, 0.05) is 6.54 Å². The summed E-state index contributed by atoms with van der Waals surface area (Å²) in [7, 11) is 0. The topological polar surface area (TPSA) is 21.7 Å². The second kappa shape index (κ2) is 16.2. The minimum atomic E-state index is 0.303. The van der Waals surface area contributed by atoms with Crippen molar-refractivity contribution in [1.82, 2.24) is 4.90 Å². The quantitative estimate of drug-likeness (QED) is 0.472. The van der Waals surface area contributed by atoms with E-state index >= 15 is 0 Å². The van der Waals surface area contributed by atoms with E-state index in [1.165, 1.54) is 0 Å². The number of hydrogen-bond acceptors (Lipinski definition) is 3. The maximum absolute atomic E-state index is 5.09. The lowest BCUT2D eigenvalue weighted by Crippen LogP contribution is -2.25. The van der Waals surface area contributed by atoms with Crippen LogP contribution in [0.3, 0.4) is 0 Å². The summed E-state index contributed by atoms with van der Waals surface area (Å²) >= 11 is 0. The van der Waals surface area contributed by atoms with Crippen molar-refractivity contribution in [3.05, 3.63) is 0 Å². The predicted octanol–water partition coefficient (Wildman–Crippen LogP) is 1.39. The van der Waals surface area contributed by atoms with E-state index in [0.29, 0.717) is 39.5 Å². The van der Waals surface area contributed by atoms with Crippen LogP contribution < -0.4 is 0 Å². The van der Waals surface area contributed by atoms with E-state index in [4.69, 9.17) is 22.3 Å². The molecule has 0 aromatic carbocycles. The zero-order valence-corrected chi connectivity index (χ0v) is 12.8. The van der Waals surface area contributed by atoms with E-state index in [-0.39, 0.29) is 0 Å². The Morgan fingerprint density at radius 1 is 0.810 bits per heavy atom. The van der Waals surface area contributed by atoms with Crippen LogP contribution in [0.25, 0.3) is 0 Å². The molecule has 0 fully saturated rings. The first-order chi connectivity index (χ1) is 10.3. The van der Waals surface area contributed by atoms with Crippen LogP contribution in [0.4, 0.5) is 0 Å². The van der Waals surface area contributed by atoms with Crippen LogP contribution in [0.15, 0.2) is 0 Å². The second-order valence-corrected chi connectivity index (χ2v) is 4.17. The average Bonchev–Trinajstić information content (AvgIpc) is 2.50. The monoisotopic (exact) mass is 285 g/mol. The molecule has 0 radical (unpaired) electrons. The SMILES string of the molecule is C#CCOCC#CCN(CC#CCOCC#C)CCCC. The fraction of sp³-hybridized carbons (Fsp3) is 0.556. The average molecular weight is 285 g/mol. The second-order valence-electron chi connectivity index (χ2n) is 4.17. The number of hydrogen-bond donors (Lipinski definition) is 0. The lowest BCUT2D eigenvalue weighted by atomic mass is 10.3. The highest BCUT2D eigenvalue weighted by Gasteiger charge is 1.99. The smallest absolute Gasteiger partial charge is 0.109 e. The van der Waals surface area contributed by atoms with E-state index in [2.05, 4.69) is 47.3 Å². The summed E-state index contributed by atoms with van der Waals surface area (Å²) in [6.07, 6.45) is 12.4. The highest BCUT2D eigenvalue weighted by molar-refractivity contribution is 5.06. The van der Waals surface area contributed by atoms with Gasteiger partial charge in [0.15, 0.2) is 0 Å². The van der Waals surface area contributed by atoms with Crippen molar-refractivity contribution in [3.63, 3.8) is 0 Å². The first-order valence-electron chi connectivity index (χ1n) is 7.01. The molecule has 0 spiro atoms. The van der Waals surface area contributed by atoms with Crippen molar-refractivity contribution in [2.24, 2.45) is 0 Å². The molecule has 0 rings (SSSR count). The molecule has 0 atom stereocenters. The largest absolute Gasteiger partial charge is 0.356 e. The van der Waals surface area contributed by atoms with Crippen molar-refractivity contribution >= 4 is 0 Å². The molecule has 0 aliphatic rings. The van der Waals surface area contributed by atoms with Crippen LogP contribution in [-0.2, 0) is 9.47 Å². The van der Waals surface area contributed by atoms with Gasteiger partial charge in [-0.15, -0.1) is 12.8 Å². The zero-order chi connectivity index (χ0) is 15.6. The molecule has 3 nitrogen and oxygen atoms in total. The van der Waals surface area contributed by atoms with Crippen LogP contribution in [0.2, 0.25) is 0 Å². The Morgan fingerprint density at radius 3 is 1.76 bits per heavy atom. The molecule has 0 aliphatic carbocycles. The molecule has 0 aromatic heterocycles. The lowest BCUT2D eigenvalue weighted by molar-refractivity contribution is 0.204. The molecule has 3 heteroatoms. The van der Waals surface area contributed by atoms with E-state index in [9.17, 15) is 0 Å². The molecule has 112 valence electrons. The first-order valence-corrected chi connectivity index (χ1v) is 7.01. The third-order valence-corrected chi connectivity index (χ3v) is 2.40. The van der Waals surface area contributed by atoms with Gasteiger partial charge in [0.2, 0.25) is 0 Å². The molecule has 0 unspecified atom stereocenters. The third-order valence-electron chi connectivity index (χ3n) is 2.40. The third kappa shape index (κ3) is 14.3. The predicted molar refractivity (Wildman–Crippen MR) is 86.2 cm³/mol. The minimum absolute atomic E-state index is 0.303. The highest BCUT2D eigenvalue weighted by Crippen LogP contribution is 1.93. The molecule has 0 heterocycles.